The number of allylic oxidation sites excluding steroid dienone is 14. The molecule has 6 aromatic rings. The molecule has 14 rings (SSSR count). The molecule has 8 aliphatic rings. The molecule has 0 bridgehead atoms. The van der Waals surface area contributed by atoms with E-state index < -0.39 is 16.1 Å². The van der Waals surface area contributed by atoms with Crippen molar-refractivity contribution in [1.82, 2.24) is 0 Å². The third-order valence-electron chi connectivity index (χ3n) is 21.8. The van der Waals surface area contributed by atoms with Crippen molar-refractivity contribution >= 4 is 51.8 Å². The maximum atomic E-state index is 11.7. The summed E-state index contributed by atoms with van der Waals surface area (Å²) in [7, 11) is -2.17. The van der Waals surface area contributed by atoms with Gasteiger partial charge >= 0.3 is 306 Å². The molecular formula is C93H118ClO2S2Si2Zr2-3. The summed E-state index contributed by atoms with van der Waals surface area (Å²) in [6.07, 6.45) is 20.5. The van der Waals surface area contributed by atoms with Gasteiger partial charge in [0.1, 0.15) is 16.1 Å². The van der Waals surface area contributed by atoms with Crippen molar-refractivity contribution < 1.29 is 72.1 Å². The van der Waals surface area contributed by atoms with E-state index in [0.717, 1.165) is 29.4 Å². The van der Waals surface area contributed by atoms with Crippen molar-refractivity contribution in [2.24, 2.45) is 11.8 Å². The average molecular weight is 1610 g/mol. The normalized spacial score (nSPS) is 19.7. The minimum Gasteiger partial charge on any atom is -1.00 e. The Morgan fingerprint density at radius 1 is 0.402 bits per heavy atom. The van der Waals surface area contributed by atoms with Gasteiger partial charge in [0.25, 0.3) is 0 Å². The van der Waals surface area contributed by atoms with Gasteiger partial charge < -0.3 is 22.6 Å². The number of rotatable bonds is 7. The number of halogens is 1. The predicted molar refractivity (Wildman–Crippen MR) is 438 cm³/mol. The predicted octanol–water partition coefficient (Wildman–Crippen LogP) is 23.5. The number of benzene rings is 6. The Bertz CT molecular complexity index is 4200. The molecule has 4 aliphatic heterocycles. The van der Waals surface area contributed by atoms with Crippen LogP contribution in [0.3, 0.4) is 0 Å². The molecule has 0 aromatic heterocycles. The van der Waals surface area contributed by atoms with E-state index in [-0.39, 0.29) is 56.4 Å². The zero-order valence-corrected chi connectivity index (χ0v) is 76.2. The van der Waals surface area contributed by atoms with E-state index in [4.69, 9.17) is 0 Å². The van der Waals surface area contributed by atoms with Crippen molar-refractivity contribution in [1.29, 1.82) is 0 Å². The van der Waals surface area contributed by atoms with E-state index in [0.29, 0.717) is 7.25 Å². The van der Waals surface area contributed by atoms with Crippen LogP contribution in [0.5, 0.6) is 11.5 Å². The third kappa shape index (κ3) is 17.8. The summed E-state index contributed by atoms with van der Waals surface area (Å²) in [5, 5.41) is 30.8. The molecule has 102 heavy (non-hydrogen) atoms. The van der Waals surface area contributed by atoms with Crippen molar-refractivity contribution in [3.8, 4) is 33.8 Å². The van der Waals surface area contributed by atoms with Gasteiger partial charge in [0.15, 0.2) is 0 Å². The minimum absolute atomic E-state index is 0. The first-order valence-corrected chi connectivity index (χ1v) is 48.0. The van der Waals surface area contributed by atoms with Crippen LogP contribution in [-0.4, -0.2) is 16.1 Å². The van der Waals surface area contributed by atoms with Crippen molar-refractivity contribution in [2.45, 2.75) is 250 Å². The van der Waals surface area contributed by atoms with Crippen LogP contribution in [0.1, 0.15) is 247 Å². The molecule has 0 radical (unpaired) electrons. The van der Waals surface area contributed by atoms with E-state index in [1.54, 1.807) is 103 Å². The second-order valence-corrected chi connectivity index (χ2v) is 50.1. The topological polar surface area (TPSA) is 46.1 Å². The molecule has 6 aromatic carbocycles. The quantitative estimate of drug-likeness (QED) is 0.149. The smallest absolute Gasteiger partial charge is 1.00 e. The van der Waals surface area contributed by atoms with Gasteiger partial charge in [-0.3, -0.25) is 0 Å². The van der Waals surface area contributed by atoms with Crippen LogP contribution < -0.4 is 22.6 Å². The molecular weight excluding hydrogens is 1490 g/mol. The van der Waals surface area contributed by atoms with Gasteiger partial charge in [0, 0.05) is 11.8 Å². The fraction of sp³-hybridized carbons (Fsp3) is 0.441. The van der Waals surface area contributed by atoms with E-state index in [2.05, 4.69) is 336 Å². The Morgan fingerprint density at radius 2 is 0.735 bits per heavy atom. The second-order valence-electron chi connectivity index (χ2n) is 36.2. The SMILES string of the molecule is CC(C)(C)c1ccc([O-])c(C(C)(C)C)c1.CC(C)(C)c1ccc([O-])c(C(C)(C)C)c1.CCC1=C2C3C(=CC=C3[Si]2(C)C)S1.CCC1=C2C3C(=CC=C3[Si]2(C)C)S1.CCC1=Cc2c(-c3ccc(C(C)(C)C)cc3)cccc2[CH]1[Zr].CCCC1=Cc2c(-c3ccc(C(C)(C)C)cc3)cccc2[CH]1[Zr].[Cl-]. The van der Waals surface area contributed by atoms with Crippen LogP contribution in [0.15, 0.2) is 197 Å². The fourth-order valence-corrected chi connectivity index (χ4v) is 29.6. The summed E-state index contributed by atoms with van der Waals surface area (Å²) in [6.45, 7) is 58.2. The third-order valence-corrected chi connectivity index (χ3v) is 35.9. The molecule has 0 N–H and O–H groups in total. The average Bonchev–Trinajstić information content (AvgIpc) is 1.53. The van der Waals surface area contributed by atoms with Gasteiger partial charge in [-0.2, -0.15) is 0 Å². The van der Waals surface area contributed by atoms with Gasteiger partial charge in [-0.15, -0.1) is 11.5 Å². The molecule has 540 valence electrons. The van der Waals surface area contributed by atoms with Crippen LogP contribution in [0.25, 0.3) is 34.4 Å². The van der Waals surface area contributed by atoms with Crippen molar-refractivity contribution in [2.75, 3.05) is 0 Å². The molecule has 4 heterocycles. The Kier molecular flexibility index (Phi) is 26.3. The van der Waals surface area contributed by atoms with Crippen LogP contribution >= 0.6 is 23.5 Å². The van der Waals surface area contributed by atoms with Gasteiger partial charge in [0.05, 0.1) is 0 Å². The molecule has 2 nitrogen and oxygen atoms in total. The number of fused-ring (bicyclic) bond motifs is 2. The van der Waals surface area contributed by atoms with Gasteiger partial charge in [-0.05, 0) is 65.2 Å². The Morgan fingerprint density at radius 3 is 1.05 bits per heavy atom. The molecule has 4 unspecified atom stereocenters. The first-order valence-electron chi connectivity index (χ1n) is 37.5. The number of hydrogen-bond donors (Lipinski definition) is 0. The first kappa shape index (κ1) is 83.7. The summed E-state index contributed by atoms with van der Waals surface area (Å²) in [4.78, 5) is 6.64. The van der Waals surface area contributed by atoms with Crippen LogP contribution in [0.4, 0.5) is 0 Å². The Hall–Kier alpha value is -3.97. The van der Waals surface area contributed by atoms with Gasteiger partial charge in [-0.1, -0.05) is 239 Å². The van der Waals surface area contributed by atoms with Gasteiger partial charge in [-0.25, -0.2) is 0 Å². The van der Waals surface area contributed by atoms with Crippen LogP contribution in [-0.2, 0) is 81.9 Å². The standard InChI is InChI=1S/C22H25.C21H23.2C14H22O.2C11H14SSi.ClH.2Zr/c1-5-7-16-14-18-8-6-9-20(21(18)15-16)17-10-12-19(13-11-17)22(2,3)4;1-5-15-13-17-7-6-8-19(20(17)14-15)16-9-11-18(12-10-16)21(2,3)4;2*1-13(2,3)10-7-8-12(15)11(9-10)14(4,5)6;2*1-4-7-11-10-8(12-7)5-6-9(10)13(11,2)3;;;/h6,8-15H,5,7H2,1-4H3;6-14H,5H2,1-4H3;2*7-9,15H,1-6H3;2*5-6,10H,4H2,1-3H3;1H;;/p-3. The van der Waals surface area contributed by atoms with E-state index in [9.17, 15) is 10.2 Å². The fourth-order valence-electron chi connectivity index (χ4n) is 15.5. The summed E-state index contributed by atoms with van der Waals surface area (Å²) in [5.41, 5.74) is 22.2. The monoisotopic (exact) mass is 1600 g/mol. The molecule has 2 saturated heterocycles. The molecule has 0 spiro atoms. The van der Waals surface area contributed by atoms with E-state index >= 15 is 0 Å². The zero-order valence-electron chi connectivity index (χ0n) is 66.9. The Labute approximate surface area is 666 Å². The summed E-state index contributed by atoms with van der Waals surface area (Å²) in [6, 6.07) is 43.3. The number of thioether (sulfide) groups is 2. The maximum Gasteiger partial charge on any atom is -1.00 e. The zero-order chi connectivity index (χ0) is 74.7. The Balaban J connectivity index is 0.000000157. The molecule has 4 aliphatic carbocycles. The molecule has 4 atom stereocenters. The largest absolute Gasteiger partial charge is 1.00 e. The minimum atomic E-state index is -1.08. The summed E-state index contributed by atoms with van der Waals surface area (Å²) < 4.78 is 1.31. The summed E-state index contributed by atoms with van der Waals surface area (Å²) >= 11 is 7.33. The molecule has 0 amide bonds. The summed E-state index contributed by atoms with van der Waals surface area (Å²) in [5.74, 6) is 1.88. The first-order chi connectivity index (χ1) is 46.9. The maximum absolute atomic E-state index is 11.7. The molecule has 0 saturated carbocycles. The van der Waals surface area contributed by atoms with Crippen molar-refractivity contribution in [3.63, 3.8) is 0 Å². The number of hydrogen-bond acceptors (Lipinski definition) is 4. The van der Waals surface area contributed by atoms with Crippen LogP contribution in [0.2, 0.25) is 26.2 Å². The second kappa shape index (κ2) is 32.1. The van der Waals surface area contributed by atoms with E-state index in [1.165, 1.54) is 92.4 Å². The van der Waals surface area contributed by atoms with Crippen molar-refractivity contribution in [3.05, 3.63) is 253 Å². The van der Waals surface area contributed by atoms with E-state index in [1.807, 2.05) is 22.5 Å². The molecule has 9 heteroatoms. The molecule has 2 fully saturated rings. The van der Waals surface area contributed by atoms with Gasteiger partial charge in [0.2, 0.25) is 0 Å². The van der Waals surface area contributed by atoms with Crippen LogP contribution in [0, 0.1) is 11.8 Å².